The van der Waals surface area contributed by atoms with Crippen molar-refractivity contribution in [2.75, 3.05) is 6.61 Å². The molecule has 0 radical (unpaired) electrons. The molecule has 0 bridgehead atoms. The fraction of sp³-hybridized carbons (Fsp3) is 0.529. The van der Waals surface area contributed by atoms with Gasteiger partial charge in [0.15, 0.2) is 0 Å². The third kappa shape index (κ3) is 7.88. The lowest BCUT2D eigenvalue weighted by Crippen LogP contribution is -2.24. The monoisotopic (exact) mass is 342 g/mol. The van der Waals surface area contributed by atoms with Gasteiger partial charge >= 0.3 is 12.1 Å². The number of esters is 1. The molecule has 0 aliphatic heterocycles. The van der Waals surface area contributed by atoms with Crippen LogP contribution in [0.5, 0.6) is 0 Å². The van der Waals surface area contributed by atoms with E-state index in [4.69, 9.17) is 25.8 Å². The predicted molar refractivity (Wildman–Crippen MR) is 87.7 cm³/mol. The summed E-state index contributed by atoms with van der Waals surface area (Å²) in [7, 11) is 0. The van der Waals surface area contributed by atoms with Crippen molar-refractivity contribution in [3.05, 3.63) is 34.9 Å². The normalized spacial score (nSPS) is 13.3. The number of halogens is 1. The molecule has 1 rings (SSSR count). The van der Waals surface area contributed by atoms with E-state index in [1.807, 2.05) is 13.8 Å². The Morgan fingerprint density at radius 2 is 1.74 bits per heavy atom. The van der Waals surface area contributed by atoms with E-state index in [0.29, 0.717) is 23.6 Å². The fourth-order valence-corrected chi connectivity index (χ4v) is 2.05. The minimum Gasteiger partial charge on any atom is -0.459 e. The highest BCUT2D eigenvalue weighted by Gasteiger charge is 2.18. The Morgan fingerprint density at radius 3 is 2.35 bits per heavy atom. The molecule has 5 nitrogen and oxygen atoms in total. The lowest BCUT2D eigenvalue weighted by molar-refractivity contribution is -0.00240. The van der Waals surface area contributed by atoms with Crippen molar-refractivity contribution in [1.82, 2.24) is 0 Å². The first kappa shape index (κ1) is 19.3. The molecule has 0 N–H and O–H groups in total. The molecule has 2 atom stereocenters. The van der Waals surface area contributed by atoms with E-state index in [0.717, 1.165) is 0 Å². The summed E-state index contributed by atoms with van der Waals surface area (Å²) in [6, 6.07) is 6.53. The summed E-state index contributed by atoms with van der Waals surface area (Å²) in [6.45, 7) is 7.65. The SMILES string of the molecule is CC(C)COC(=O)OC(C)CC(C)OC(=O)c1cccc(Cl)c1. The zero-order valence-electron chi connectivity index (χ0n) is 13.9. The highest BCUT2D eigenvalue weighted by Crippen LogP contribution is 2.14. The fourth-order valence-electron chi connectivity index (χ4n) is 1.86. The number of carbonyl (C=O) groups excluding carboxylic acids is 2. The lowest BCUT2D eigenvalue weighted by Gasteiger charge is -2.18. The van der Waals surface area contributed by atoms with Crippen LogP contribution in [0, 0.1) is 5.92 Å². The number of hydrogen-bond acceptors (Lipinski definition) is 5. The van der Waals surface area contributed by atoms with E-state index < -0.39 is 24.3 Å². The Labute approximate surface area is 141 Å². The molecule has 0 heterocycles. The maximum absolute atomic E-state index is 12.0. The van der Waals surface area contributed by atoms with Gasteiger partial charge in [-0.25, -0.2) is 9.59 Å². The first-order valence-corrected chi connectivity index (χ1v) is 7.95. The summed E-state index contributed by atoms with van der Waals surface area (Å²) in [5.41, 5.74) is 0.384. The smallest absolute Gasteiger partial charge is 0.459 e. The highest BCUT2D eigenvalue weighted by molar-refractivity contribution is 6.30. The van der Waals surface area contributed by atoms with Crippen molar-refractivity contribution in [2.24, 2.45) is 5.92 Å². The van der Waals surface area contributed by atoms with Crippen molar-refractivity contribution in [3.63, 3.8) is 0 Å². The van der Waals surface area contributed by atoms with Crippen LogP contribution in [-0.2, 0) is 14.2 Å². The van der Waals surface area contributed by atoms with E-state index in [1.165, 1.54) is 0 Å². The highest BCUT2D eigenvalue weighted by atomic mass is 35.5. The van der Waals surface area contributed by atoms with Crippen LogP contribution in [-0.4, -0.2) is 30.9 Å². The molecular weight excluding hydrogens is 320 g/mol. The summed E-state index contributed by atoms with van der Waals surface area (Å²) >= 11 is 5.84. The van der Waals surface area contributed by atoms with Gasteiger partial charge in [-0.15, -0.1) is 0 Å². The summed E-state index contributed by atoms with van der Waals surface area (Å²) in [5, 5.41) is 0.469. The number of hydrogen-bond donors (Lipinski definition) is 0. The van der Waals surface area contributed by atoms with Crippen molar-refractivity contribution in [2.45, 2.75) is 46.3 Å². The van der Waals surface area contributed by atoms with Crippen molar-refractivity contribution >= 4 is 23.7 Å². The van der Waals surface area contributed by atoms with Crippen LogP contribution in [0.25, 0.3) is 0 Å². The molecule has 0 amide bonds. The van der Waals surface area contributed by atoms with Crippen LogP contribution in [0.15, 0.2) is 24.3 Å². The van der Waals surface area contributed by atoms with Crippen molar-refractivity contribution in [1.29, 1.82) is 0 Å². The van der Waals surface area contributed by atoms with Crippen molar-refractivity contribution < 1.29 is 23.8 Å². The van der Waals surface area contributed by atoms with Gasteiger partial charge < -0.3 is 14.2 Å². The molecule has 2 unspecified atom stereocenters. The van der Waals surface area contributed by atoms with Crippen LogP contribution >= 0.6 is 11.6 Å². The first-order chi connectivity index (χ1) is 10.8. The number of ether oxygens (including phenoxy) is 3. The molecular formula is C17H23ClO5. The van der Waals surface area contributed by atoms with Crippen LogP contribution in [0.3, 0.4) is 0 Å². The Balaban J connectivity index is 2.39. The molecule has 0 saturated carbocycles. The molecule has 0 fully saturated rings. The largest absolute Gasteiger partial charge is 0.508 e. The second kappa shape index (κ2) is 9.40. The number of benzene rings is 1. The van der Waals surface area contributed by atoms with E-state index in [1.54, 1.807) is 38.1 Å². The van der Waals surface area contributed by atoms with Gasteiger partial charge in [-0.05, 0) is 38.0 Å². The van der Waals surface area contributed by atoms with Gasteiger partial charge in [-0.3, -0.25) is 0 Å². The van der Waals surface area contributed by atoms with Crippen LogP contribution in [0.2, 0.25) is 5.02 Å². The number of rotatable bonds is 7. The molecule has 0 saturated heterocycles. The van der Waals surface area contributed by atoms with Gasteiger partial charge in [0.1, 0.15) is 12.2 Å². The van der Waals surface area contributed by atoms with Crippen LogP contribution in [0.4, 0.5) is 4.79 Å². The summed E-state index contributed by atoms with van der Waals surface area (Å²) < 4.78 is 15.4. The summed E-state index contributed by atoms with van der Waals surface area (Å²) in [6.07, 6.45) is -1.16. The quantitative estimate of drug-likeness (QED) is 0.684. The van der Waals surface area contributed by atoms with Gasteiger partial charge in [0.25, 0.3) is 0 Å². The van der Waals surface area contributed by atoms with E-state index in [2.05, 4.69) is 0 Å². The molecule has 23 heavy (non-hydrogen) atoms. The Morgan fingerprint density at radius 1 is 1.09 bits per heavy atom. The van der Waals surface area contributed by atoms with E-state index in [-0.39, 0.29) is 5.92 Å². The van der Waals surface area contributed by atoms with Gasteiger partial charge in [0.05, 0.1) is 12.2 Å². The molecule has 1 aromatic carbocycles. The topological polar surface area (TPSA) is 61.8 Å². The van der Waals surface area contributed by atoms with Gasteiger partial charge in [-0.2, -0.15) is 0 Å². The molecule has 0 aliphatic rings. The molecule has 1 aromatic rings. The summed E-state index contributed by atoms with van der Waals surface area (Å²) in [4.78, 5) is 23.4. The molecule has 0 aromatic heterocycles. The second-order valence-electron chi connectivity index (χ2n) is 5.85. The standard InChI is InChI=1S/C17H23ClO5/c1-11(2)10-21-17(20)23-13(4)8-12(3)22-16(19)14-6-5-7-15(18)9-14/h5-7,9,11-13H,8,10H2,1-4H3. The minimum atomic E-state index is -0.709. The summed E-state index contributed by atoms with van der Waals surface area (Å²) in [5.74, 6) is -0.218. The van der Waals surface area contributed by atoms with Crippen LogP contribution < -0.4 is 0 Å². The predicted octanol–water partition coefficient (Wildman–Crippen LogP) is 4.47. The maximum atomic E-state index is 12.0. The minimum absolute atomic E-state index is 0.246. The average molecular weight is 343 g/mol. The Hall–Kier alpha value is -1.75. The average Bonchev–Trinajstić information content (AvgIpc) is 2.44. The molecule has 0 aliphatic carbocycles. The van der Waals surface area contributed by atoms with Gasteiger partial charge in [-0.1, -0.05) is 31.5 Å². The maximum Gasteiger partial charge on any atom is 0.508 e. The first-order valence-electron chi connectivity index (χ1n) is 7.58. The lowest BCUT2D eigenvalue weighted by atomic mass is 10.2. The third-order valence-electron chi connectivity index (χ3n) is 2.86. The van der Waals surface area contributed by atoms with Gasteiger partial charge in [0, 0.05) is 11.4 Å². The van der Waals surface area contributed by atoms with Crippen molar-refractivity contribution in [3.8, 4) is 0 Å². The molecule has 6 heteroatoms. The zero-order valence-corrected chi connectivity index (χ0v) is 14.6. The third-order valence-corrected chi connectivity index (χ3v) is 3.10. The van der Waals surface area contributed by atoms with E-state index >= 15 is 0 Å². The molecule has 128 valence electrons. The van der Waals surface area contributed by atoms with E-state index in [9.17, 15) is 9.59 Å². The Bertz CT molecular complexity index is 529. The zero-order chi connectivity index (χ0) is 17.4. The molecule has 0 spiro atoms. The second-order valence-corrected chi connectivity index (χ2v) is 6.28. The number of carbonyl (C=O) groups is 2. The van der Waals surface area contributed by atoms with Crippen LogP contribution in [0.1, 0.15) is 44.5 Å². The Kier molecular flexibility index (Phi) is 7.89. The van der Waals surface area contributed by atoms with Gasteiger partial charge in [0.2, 0.25) is 0 Å².